The van der Waals surface area contributed by atoms with Gasteiger partial charge in [-0.3, -0.25) is 19.5 Å². The average molecular weight is 279 g/mol. The van der Waals surface area contributed by atoms with Crippen molar-refractivity contribution in [2.75, 3.05) is 0 Å². The second-order valence-corrected chi connectivity index (χ2v) is 4.90. The minimum absolute atomic E-state index is 0.0585. The van der Waals surface area contributed by atoms with Gasteiger partial charge in [-0.05, 0) is 19.8 Å². The number of aliphatic hydroxyl groups excluding tert-OH is 2. The number of nitrogens with two attached hydrogens (primary N) is 1. The molecule has 1 fully saturated rings. The van der Waals surface area contributed by atoms with Crippen LogP contribution in [-0.4, -0.2) is 45.0 Å². The molecule has 0 saturated heterocycles. The molecule has 7 nitrogen and oxygen atoms in total. The lowest BCUT2D eigenvalue weighted by Gasteiger charge is -2.28. The molecule has 0 aromatic rings. The van der Waals surface area contributed by atoms with Gasteiger partial charge in [0.15, 0.2) is 11.5 Å². The number of hydrogen-bond donors (Lipinski definition) is 5. The molecular weight excluding hydrogens is 262 g/mol. The van der Waals surface area contributed by atoms with Gasteiger partial charge in [0.25, 0.3) is 0 Å². The van der Waals surface area contributed by atoms with Crippen LogP contribution < -0.4 is 5.73 Å². The van der Waals surface area contributed by atoms with E-state index >= 15 is 0 Å². The van der Waals surface area contributed by atoms with Crippen LogP contribution in [0.15, 0.2) is 0 Å². The summed E-state index contributed by atoms with van der Waals surface area (Å²) in [5, 5.41) is 28.2. The van der Waals surface area contributed by atoms with Crippen molar-refractivity contribution in [3.8, 4) is 0 Å². The first-order valence-corrected chi connectivity index (χ1v) is 5.81. The highest BCUT2D eigenvalue weighted by Gasteiger charge is 2.50. The quantitative estimate of drug-likeness (QED) is 0.246. The molecule has 5 N–H and O–H groups in total. The van der Waals surface area contributed by atoms with Crippen molar-refractivity contribution in [2.45, 2.75) is 37.7 Å². The number of carboxylic acids is 1. The number of aliphatic carboxylic acids is 1. The van der Waals surface area contributed by atoms with Crippen molar-refractivity contribution in [1.82, 2.24) is 0 Å². The second-order valence-electron chi connectivity index (χ2n) is 4.72. The third-order valence-electron chi connectivity index (χ3n) is 3.24. The third-order valence-corrected chi connectivity index (χ3v) is 3.62. The van der Waals surface area contributed by atoms with Gasteiger partial charge in [0.1, 0.15) is 0 Å². The van der Waals surface area contributed by atoms with Crippen LogP contribution in [0.5, 0.6) is 0 Å². The van der Waals surface area contributed by atoms with Crippen molar-refractivity contribution in [2.24, 2.45) is 17.6 Å². The van der Waals surface area contributed by atoms with Crippen molar-refractivity contribution < 1.29 is 29.1 Å². The maximum Gasteiger partial charge on any atom is 0.303 e. The molecule has 104 valence electrons. The van der Waals surface area contributed by atoms with Gasteiger partial charge in [0, 0.05) is 12.3 Å². The highest BCUT2D eigenvalue weighted by atomic mass is 32.1. The molecule has 0 aromatic carbocycles. The molecule has 0 aromatic heterocycles. The predicted molar refractivity (Wildman–Crippen MR) is 63.5 cm³/mol. The Kier molecular flexibility index (Phi) is 4.73. The first kappa shape index (κ1) is 15.4. The molecule has 1 aliphatic carbocycles. The molecule has 0 spiro atoms. The van der Waals surface area contributed by atoms with Gasteiger partial charge in [-0.1, -0.05) is 0 Å². The predicted octanol–water partition coefficient (Wildman–Crippen LogP) is -1.08. The van der Waals surface area contributed by atoms with Crippen LogP contribution in [0, 0.1) is 11.8 Å². The van der Waals surface area contributed by atoms with Crippen LogP contribution in [-0.2, 0) is 13.8 Å². The largest absolute Gasteiger partial charge is 0.481 e. The highest BCUT2D eigenvalue weighted by Crippen LogP contribution is 2.37. The number of hydrogen-bond acceptors (Lipinski definition) is 7. The summed E-state index contributed by atoms with van der Waals surface area (Å²) in [6.45, 7) is 1.26. The number of aliphatic hydroxyl groups is 2. The van der Waals surface area contributed by atoms with E-state index in [0.29, 0.717) is 0 Å². The Hall–Kier alpha value is -0.670. The van der Waals surface area contributed by atoms with Crippen LogP contribution in [0.3, 0.4) is 0 Å². The molecule has 0 aliphatic heterocycles. The Labute approximate surface area is 110 Å². The van der Waals surface area contributed by atoms with E-state index in [-0.39, 0.29) is 6.42 Å². The number of carbonyl (C=O) groups excluding carboxylic acids is 1. The Balaban J connectivity index is 2.95. The van der Waals surface area contributed by atoms with E-state index in [9.17, 15) is 19.8 Å². The minimum atomic E-state index is -1.74. The zero-order chi connectivity index (χ0) is 14.1. The Bertz CT molecular complexity index is 347. The summed E-state index contributed by atoms with van der Waals surface area (Å²) < 4.78 is 4.53. The van der Waals surface area contributed by atoms with Crippen molar-refractivity contribution >= 4 is 24.7 Å². The standard InChI is InChI=1S/C10H17NO6S/c1-10(11,17-18)9(16)8-4(2-7(14)15)5(12)3-6(8)13/h4-6,8,12-13,18H,2-3,11H2,1H3,(H,14,15)/t4?,5?,6?,8?,10-/m1/s1. The maximum absolute atomic E-state index is 12.1. The normalized spacial score (nSPS) is 35.2. The van der Waals surface area contributed by atoms with Gasteiger partial charge in [-0.2, -0.15) is 0 Å². The summed E-state index contributed by atoms with van der Waals surface area (Å²) in [7, 11) is 0. The lowest BCUT2D eigenvalue weighted by atomic mass is 9.84. The highest BCUT2D eigenvalue weighted by molar-refractivity contribution is 7.75. The van der Waals surface area contributed by atoms with Crippen LogP contribution in [0.4, 0.5) is 0 Å². The van der Waals surface area contributed by atoms with Crippen LogP contribution in [0.1, 0.15) is 19.8 Å². The van der Waals surface area contributed by atoms with Gasteiger partial charge in [0.2, 0.25) is 0 Å². The fraction of sp³-hybridized carbons (Fsp3) is 0.800. The fourth-order valence-corrected chi connectivity index (χ4v) is 2.39. The molecule has 18 heavy (non-hydrogen) atoms. The molecular formula is C10H17NO6S. The molecule has 0 heterocycles. The molecule has 5 atom stereocenters. The lowest BCUT2D eigenvalue weighted by Crippen LogP contribution is -2.52. The zero-order valence-corrected chi connectivity index (χ0v) is 10.7. The molecule has 1 saturated carbocycles. The summed E-state index contributed by atoms with van der Waals surface area (Å²) in [5.74, 6) is -3.78. The summed E-state index contributed by atoms with van der Waals surface area (Å²) in [4.78, 5) is 22.8. The van der Waals surface area contributed by atoms with E-state index in [1.807, 2.05) is 0 Å². The smallest absolute Gasteiger partial charge is 0.303 e. The summed E-state index contributed by atoms with van der Waals surface area (Å²) in [6.07, 6.45) is -2.67. The van der Waals surface area contributed by atoms with Gasteiger partial charge < -0.3 is 15.3 Å². The van der Waals surface area contributed by atoms with Gasteiger partial charge in [-0.25, -0.2) is 0 Å². The zero-order valence-electron chi connectivity index (χ0n) is 9.81. The van der Waals surface area contributed by atoms with Crippen LogP contribution in [0.25, 0.3) is 0 Å². The third kappa shape index (κ3) is 3.01. The molecule has 4 unspecified atom stereocenters. The van der Waals surface area contributed by atoms with E-state index in [1.165, 1.54) is 6.92 Å². The minimum Gasteiger partial charge on any atom is -0.481 e. The Morgan fingerprint density at radius 2 is 2.00 bits per heavy atom. The van der Waals surface area contributed by atoms with E-state index in [1.54, 1.807) is 0 Å². The number of carbonyl (C=O) groups is 2. The summed E-state index contributed by atoms with van der Waals surface area (Å²) >= 11 is 3.48. The van der Waals surface area contributed by atoms with E-state index in [0.717, 1.165) is 0 Å². The molecule has 0 radical (unpaired) electrons. The monoisotopic (exact) mass is 279 g/mol. The van der Waals surface area contributed by atoms with Gasteiger partial charge >= 0.3 is 5.97 Å². The van der Waals surface area contributed by atoms with Crippen LogP contribution in [0.2, 0.25) is 0 Å². The summed E-state index contributed by atoms with van der Waals surface area (Å²) in [5.41, 5.74) is 3.81. The molecule has 8 heteroatoms. The van der Waals surface area contributed by atoms with Crippen molar-refractivity contribution in [1.29, 1.82) is 0 Å². The Morgan fingerprint density at radius 1 is 1.44 bits per heavy atom. The number of thiol groups is 1. The second kappa shape index (κ2) is 5.54. The van der Waals surface area contributed by atoms with Gasteiger partial charge in [0.05, 0.1) is 24.5 Å². The lowest BCUT2D eigenvalue weighted by molar-refractivity contribution is -0.144. The van der Waals surface area contributed by atoms with Crippen LogP contribution >= 0.6 is 12.9 Å². The Morgan fingerprint density at radius 3 is 2.44 bits per heavy atom. The van der Waals surface area contributed by atoms with Crippen molar-refractivity contribution in [3.05, 3.63) is 0 Å². The molecule has 1 rings (SSSR count). The molecule has 0 amide bonds. The SMILES string of the molecule is C[C@@](N)(OS)C(=O)C1C(O)CC(O)C1CC(=O)O. The number of Topliss-reactive ketones (excluding diaryl/α,β-unsaturated/α-hetero) is 1. The number of carboxylic acid groups (broad SMARTS) is 1. The molecule has 1 aliphatic rings. The summed E-state index contributed by atoms with van der Waals surface area (Å²) in [6, 6.07) is 0. The van der Waals surface area contributed by atoms with E-state index < -0.39 is 47.9 Å². The first-order chi connectivity index (χ1) is 8.20. The van der Waals surface area contributed by atoms with E-state index in [2.05, 4.69) is 17.1 Å². The van der Waals surface area contributed by atoms with Gasteiger partial charge in [-0.15, -0.1) is 0 Å². The maximum atomic E-state index is 12.1. The average Bonchev–Trinajstić information content (AvgIpc) is 2.52. The number of ketones is 1. The number of rotatable bonds is 5. The van der Waals surface area contributed by atoms with Crippen molar-refractivity contribution in [3.63, 3.8) is 0 Å². The molecule has 0 bridgehead atoms. The fourth-order valence-electron chi connectivity index (χ4n) is 2.30. The first-order valence-electron chi connectivity index (χ1n) is 5.44. The van der Waals surface area contributed by atoms with E-state index in [4.69, 9.17) is 10.8 Å². The topological polar surface area (TPSA) is 130 Å².